The molecule has 2 aromatic carbocycles. The molecule has 0 spiro atoms. The number of hydrogen-bond acceptors (Lipinski definition) is 5. The molecule has 1 fully saturated rings. The zero-order chi connectivity index (χ0) is 21.3. The number of thiocarbonyl (C=S) groups is 1. The molecule has 0 aliphatic carbocycles. The molecule has 4 nitrogen and oxygen atoms in total. The quantitative estimate of drug-likeness (QED) is 0.246. The number of carbonyl (C=O) groups is 2. The Hall–Kier alpha value is -2.38. The Balaban J connectivity index is 1.52. The maximum Gasteiger partial charge on any atom is 0.266 e. The van der Waals surface area contributed by atoms with Gasteiger partial charge >= 0.3 is 0 Å². The maximum atomic E-state index is 12.8. The van der Waals surface area contributed by atoms with Crippen LogP contribution < -0.4 is 0 Å². The first-order chi connectivity index (χ1) is 14.4. The van der Waals surface area contributed by atoms with Crippen LogP contribution in [0.5, 0.6) is 0 Å². The molecule has 0 atom stereocenters. The zero-order valence-electron chi connectivity index (χ0n) is 15.3. The van der Waals surface area contributed by atoms with Crippen molar-refractivity contribution in [2.45, 2.75) is 0 Å². The second kappa shape index (κ2) is 8.78. The number of ketones is 1. The van der Waals surface area contributed by atoms with Crippen LogP contribution in [-0.2, 0) is 4.79 Å². The molecule has 150 valence electrons. The molecule has 1 aromatic heterocycles. The van der Waals surface area contributed by atoms with Crippen LogP contribution in [0.1, 0.15) is 16.1 Å². The molecule has 1 aliphatic rings. The van der Waals surface area contributed by atoms with Crippen LogP contribution in [0.15, 0.2) is 70.0 Å². The highest BCUT2D eigenvalue weighted by Gasteiger charge is 2.33. The molecule has 0 saturated carbocycles. The summed E-state index contributed by atoms with van der Waals surface area (Å²) in [6.07, 6.45) is 1.61. The van der Waals surface area contributed by atoms with Gasteiger partial charge in [-0.25, -0.2) is 0 Å². The monoisotopic (exact) mass is 473 g/mol. The molecular weight excluding hydrogens is 461 g/mol. The molecular formula is C22H13Cl2NO3S2. The van der Waals surface area contributed by atoms with Crippen LogP contribution in [0.2, 0.25) is 10.0 Å². The van der Waals surface area contributed by atoms with Gasteiger partial charge in [0, 0.05) is 22.2 Å². The van der Waals surface area contributed by atoms with Gasteiger partial charge in [-0.3, -0.25) is 14.5 Å². The smallest absolute Gasteiger partial charge is 0.266 e. The Labute approximate surface area is 192 Å². The molecule has 1 aliphatic heterocycles. The van der Waals surface area contributed by atoms with Gasteiger partial charge < -0.3 is 4.42 Å². The normalized spacial score (nSPS) is 15.3. The Morgan fingerprint density at radius 3 is 2.60 bits per heavy atom. The van der Waals surface area contributed by atoms with Gasteiger partial charge in [-0.2, -0.15) is 0 Å². The van der Waals surface area contributed by atoms with Crippen molar-refractivity contribution in [3.05, 3.63) is 86.9 Å². The number of halogens is 2. The first kappa shape index (κ1) is 20.9. The van der Waals surface area contributed by atoms with E-state index in [4.69, 9.17) is 39.8 Å². The lowest BCUT2D eigenvalue weighted by atomic mass is 10.1. The van der Waals surface area contributed by atoms with Crippen molar-refractivity contribution in [3.8, 4) is 11.3 Å². The van der Waals surface area contributed by atoms with E-state index in [0.29, 0.717) is 41.9 Å². The van der Waals surface area contributed by atoms with E-state index < -0.39 is 0 Å². The van der Waals surface area contributed by atoms with Crippen molar-refractivity contribution in [3.63, 3.8) is 0 Å². The van der Waals surface area contributed by atoms with E-state index in [9.17, 15) is 9.59 Å². The average molecular weight is 474 g/mol. The minimum absolute atomic E-state index is 0.101. The Kier molecular flexibility index (Phi) is 6.11. The minimum Gasteiger partial charge on any atom is -0.457 e. The lowest BCUT2D eigenvalue weighted by molar-refractivity contribution is -0.121. The van der Waals surface area contributed by atoms with Gasteiger partial charge in [0.2, 0.25) is 0 Å². The van der Waals surface area contributed by atoms with E-state index in [1.54, 1.807) is 60.7 Å². The van der Waals surface area contributed by atoms with Crippen molar-refractivity contribution < 1.29 is 14.0 Å². The van der Waals surface area contributed by atoms with Crippen LogP contribution in [0.4, 0.5) is 0 Å². The summed E-state index contributed by atoms with van der Waals surface area (Å²) in [5.41, 5.74) is 1.23. The van der Waals surface area contributed by atoms with Crippen LogP contribution in [-0.4, -0.2) is 27.5 Å². The molecule has 0 unspecified atom stereocenters. The average Bonchev–Trinajstić information content (AvgIpc) is 3.29. The van der Waals surface area contributed by atoms with Crippen molar-refractivity contribution in [2.24, 2.45) is 0 Å². The summed E-state index contributed by atoms with van der Waals surface area (Å²) in [6, 6.07) is 17.4. The molecule has 30 heavy (non-hydrogen) atoms. The van der Waals surface area contributed by atoms with E-state index in [0.717, 1.165) is 11.8 Å². The summed E-state index contributed by atoms with van der Waals surface area (Å²) < 4.78 is 6.16. The van der Waals surface area contributed by atoms with Gasteiger partial charge in [0.1, 0.15) is 15.8 Å². The number of thioether (sulfide) groups is 1. The maximum absolute atomic E-state index is 12.8. The van der Waals surface area contributed by atoms with Gasteiger partial charge in [-0.05, 0) is 30.3 Å². The predicted molar refractivity (Wildman–Crippen MR) is 125 cm³/mol. The Morgan fingerprint density at radius 1 is 1.10 bits per heavy atom. The van der Waals surface area contributed by atoms with Gasteiger partial charge in [0.25, 0.3) is 5.91 Å². The predicted octanol–water partition coefficient (Wildman–Crippen LogP) is 6.34. The van der Waals surface area contributed by atoms with Crippen LogP contribution in [0.3, 0.4) is 0 Å². The van der Waals surface area contributed by atoms with Gasteiger partial charge in [-0.15, -0.1) is 0 Å². The Morgan fingerprint density at radius 2 is 1.87 bits per heavy atom. The summed E-state index contributed by atoms with van der Waals surface area (Å²) in [7, 11) is 0. The molecule has 2 heterocycles. The molecule has 4 rings (SSSR count). The fourth-order valence-electron chi connectivity index (χ4n) is 2.89. The molecule has 3 aromatic rings. The highest BCUT2D eigenvalue weighted by atomic mass is 35.5. The largest absolute Gasteiger partial charge is 0.457 e. The van der Waals surface area contributed by atoms with E-state index in [1.165, 1.54) is 4.90 Å². The summed E-state index contributed by atoms with van der Waals surface area (Å²) in [4.78, 5) is 26.9. The number of amides is 1. The number of hydrogen-bond donors (Lipinski definition) is 0. The first-order valence-corrected chi connectivity index (χ1v) is 10.8. The summed E-state index contributed by atoms with van der Waals surface area (Å²) in [5.74, 6) is 0.533. The fourth-order valence-corrected chi connectivity index (χ4v) is 4.63. The van der Waals surface area contributed by atoms with Gasteiger partial charge in [-0.1, -0.05) is 77.5 Å². The number of benzene rings is 2. The lowest BCUT2D eigenvalue weighted by Crippen LogP contribution is -2.33. The standard InChI is InChI=1S/C22H13Cl2NO3S2/c23-14-6-8-16(17(24)10-14)19-9-7-15(28-19)11-20-21(27)25(22(29)30-20)12-18(26)13-4-2-1-3-5-13/h1-11H,12H2/b20-11-. The van der Waals surface area contributed by atoms with Crippen LogP contribution >= 0.6 is 47.2 Å². The second-order valence-electron chi connectivity index (χ2n) is 6.38. The molecule has 8 heteroatoms. The lowest BCUT2D eigenvalue weighted by Gasteiger charge is -2.13. The molecule has 1 saturated heterocycles. The van der Waals surface area contributed by atoms with Crippen molar-refractivity contribution >= 4 is 69.3 Å². The Bertz CT molecular complexity index is 1190. The zero-order valence-corrected chi connectivity index (χ0v) is 18.4. The van der Waals surface area contributed by atoms with Crippen LogP contribution in [0.25, 0.3) is 17.4 Å². The number of carbonyl (C=O) groups excluding carboxylic acids is 2. The number of furan rings is 1. The summed E-state index contributed by atoms with van der Waals surface area (Å²) in [5, 5.41) is 0.999. The van der Waals surface area contributed by atoms with E-state index in [2.05, 4.69) is 0 Å². The number of nitrogens with zero attached hydrogens (tertiary/aromatic N) is 1. The number of Topliss-reactive ketones (excluding diaryl/α,β-unsaturated/α-hetero) is 1. The topological polar surface area (TPSA) is 50.5 Å². The first-order valence-electron chi connectivity index (χ1n) is 8.81. The van der Waals surface area contributed by atoms with Gasteiger partial charge in [0.05, 0.1) is 16.5 Å². The molecule has 0 N–H and O–H groups in total. The highest BCUT2D eigenvalue weighted by molar-refractivity contribution is 8.26. The van der Waals surface area contributed by atoms with E-state index >= 15 is 0 Å². The van der Waals surface area contributed by atoms with Crippen molar-refractivity contribution in [2.75, 3.05) is 6.54 Å². The number of rotatable bonds is 5. The van der Waals surface area contributed by atoms with Gasteiger partial charge in [0.15, 0.2) is 5.78 Å². The second-order valence-corrected chi connectivity index (χ2v) is 8.90. The third-order valence-electron chi connectivity index (χ3n) is 4.37. The minimum atomic E-state index is -0.322. The third-order valence-corrected chi connectivity index (χ3v) is 6.29. The summed E-state index contributed by atoms with van der Waals surface area (Å²) >= 11 is 18.6. The van der Waals surface area contributed by atoms with Crippen LogP contribution in [0, 0.1) is 0 Å². The molecule has 0 bridgehead atoms. The fraction of sp³-hybridized carbons (Fsp3) is 0.0455. The molecule has 0 radical (unpaired) electrons. The van der Waals surface area contributed by atoms with Crippen molar-refractivity contribution in [1.29, 1.82) is 0 Å². The summed E-state index contributed by atoms with van der Waals surface area (Å²) in [6.45, 7) is -0.101. The SMILES string of the molecule is O=C(CN1C(=O)/C(=C/c2ccc(-c3ccc(Cl)cc3Cl)o2)SC1=S)c1ccccc1. The molecule has 1 amide bonds. The highest BCUT2D eigenvalue weighted by Crippen LogP contribution is 2.35. The third kappa shape index (κ3) is 4.37. The van der Waals surface area contributed by atoms with Crippen molar-refractivity contribution in [1.82, 2.24) is 4.90 Å². The van der Waals surface area contributed by atoms with E-state index in [-0.39, 0.29) is 18.2 Å². The van der Waals surface area contributed by atoms with E-state index in [1.807, 2.05) is 6.07 Å².